The van der Waals surface area contributed by atoms with Gasteiger partial charge in [0.1, 0.15) is 0 Å². The molecule has 0 aliphatic carbocycles. The van der Waals surface area contributed by atoms with E-state index in [2.05, 4.69) is 15.9 Å². The monoisotopic (exact) mass is 292 g/mol. The highest BCUT2D eigenvalue weighted by Gasteiger charge is 2.11. The van der Waals surface area contributed by atoms with Gasteiger partial charge in [0, 0.05) is 4.47 Å². The number of carbonyl (C=O) groups excluding carboxylic acids is 1. The predicted octanol–water partition coefficient (Wildman–Crippen LogP) is 3.37. The molecule has 0 saturated heterocycles. The number of phenolic OH excluding ortho intramolecular Hbond substituents is 1. The van der Waals surface area contributed by atoms with Crippen molar-refractivity contribution in [3.8, 4) is 11.5 Å². The van der Waals surface area contributed by atoms with Gasteiger partial charge in [-0.3, -0.25) is 0 Å². The van der Waals surface area contributed by atoms with Crippen LogP contribution in [0, 0.1) is 0 Å². The van der Waals surface area contributed by atoms with Gasteiger partial charge in [-0.25, -0.2) is 4.79 Å². The van der Waals surface area contributed by atoms with E-state index in [9.17, 15) is 9.90 Å². The van der Waals surface area contributed by atoms with Gasteiger partial charge in [-0.1, -0.05) is 34.1 Å². The minimum Gasteiger partial charge on any atom is -0.504 e. The van der Waals surface area contributed by atoms with E-state index >= 15 is 0 Å². The average Bonchev–Trinajstić information content (AvgIpc) is 2.35. The summed E-state index contributed by atoms with van der Waals surface area (Å²) in [7, 11) is 0. The second kappa shape index (κ2) is 5.01. The number of benzene rings is 2. The van der Waals surface area contributed by atoms with Crippen molar-refractivity contribution in [3.05, 3.63) is 58.6 Å². The lowest BCUT2D eigenvalue weighted by Gasteiger charge is -2.06. The maximum absolute atomic E-state index is 11.7. The van der Waals surface area contributed by atoms with E-state index in [0.717, 1.165) is 4.47 Å². The SMILES string of the molecule is O=C(Oc1cc(Br)ccc1O)c1ccccc1. The summed E-state index contributed by atoms with van der Waals surface area (Å²) in [5.41, 5.74) is 0.437. The molecule has 0 bridgehead atoms. The lowest BCUT2D eigenvalue weighted by molar-refractivity contribution is 0.0729. The third-order valence-corrected chi connectivity index (χ3v) is 2.63. The van der Waals surface area contributed by atoms with Crippen molar-refractivity contribution < 1.29 is 14.6 Å². The molecule has 2 aromatic rings. The third-order valence-electron chi connectivity index (χ3n) is 2.13. The Kier molecular flexibility index (Phi) is 3.44. The fourth-order valence-corrected chi connectivity index (χ4v) is 1.64. The van der Waals surface area contributed by atoms with Gasteiger partial charge in [-0.05, 0) is 30.3 Å². The van der Waals surface area contributed by atoms with Crippen molar-refractivity contribution >= 4 is 21.9 Å². The van der Waals surface area contributed by atoms with Crippen molar-refractivity contribution in [2.24, 2.45) is 0 Å². The summed E-state index contributed by atoms with van der Waals surface area (Å²) in [5, 5.41) is 9.53. The van der Waals surface area contributed by atoms with Crippen molar-refractivity contribution in [3.63, 3.8) is 0 Å². The number of halogens is 1. The molecule has 0 atom stereocenters. The molecule has 0 unspecified atom stereocenters. The number of hydrogen-bond donors (Lipinski definition) is 1. The van der Waals surface area contributed by atoms with Gasteiger partial charge in [-0.2, -0.15) is 0 Å². The van der Waals surface area contributed by atoms with Crippen LogP contribution in [0.25, 0.3) is 0 Å². The van der Waals surface area contributed by atoms with Gasteiger partial charge < -0.3 is 9.84 Å². The van der Waals surface area contributed by atoms with Gasteiger partial charge in [0.15, 0.2) is 11.5 Å². The minimum atomic E-state index is -0.501. The van der Waals surface area contributed by atoms with E-state index in [-0.39, 0.29) is 11.5 Å². The summed E-state index contributed by atoms with van der Waals surface area (Å²) in [6, 6.07) is 13.3. The van der Waals surface area contributed by atoms with Crippen molar-refractivity contribution in [1.29, 1.82) is 0 Å². The lowest BCUT2D eigenvalue weighted by atomic mass is 10.2. The summed E-state index contributed by atoms with van der Waals surface area (Å²) in [6.45, 7) is 0. The average molecular weight is 293 g/mol. The smallest absolute Gasteiger partial charge is 0.343 e. The van der Waals surface area contributed by atoms with Gasteiger partial charge in [0.05, 0.1) is 5.56 Å². The molecule has 2 rings (SSSR count). The van der Waals surface area contributed by atoms with Crippen molar-refractivity contribution in [1.82, 2.24) is 0 Å². The molecule has 3 nitrogen and oxygen atoms in total. The van der Waals surface area contributed by atoms with Crippen LogP contribution >= 0.6 is 15.9 Å². The van der Waals surface area contributed by atoms with E-state index in [1.54, 1.807) is 30.3 Å². The number of aromatic hydroxyl groups is 1. The first-order chi connectivity index (χ1) is 8.16. The Balaban J connectivity index is 2.22. The van der Waals surface area contributed by atoms with E-state index in [1.807, 2.05) is 6.07 Å². The zero-order chi connectivity index (χ0) is 12.3. The Hall–Kier alpha value is -1.81. The van der Waals surface area contributed by atoms with E-state index in [1.165, 1.54) is 12.1 Å². The first-order valence-electron chi connectivity index (χ1n) is 4.92. The van der Waals surface area contributed by atoms with Crippen LogP contribution in [-0.2, 0) is 0 Å². The molecule has 17 heavy (non-hydrogen) atoms. The third kappa shape index (κ3) is 2.85. The Morgan fingerprint density at radius 2 is 1.82 bits per heavy atom. The lowest BCUT2D eigenvalue weighted by Crippen LogP contribution is -2.08. The predicted molar refractivity (Wildman–Crippen MR) is 67.2 cm³/mol. The Labute approximate surface area is 107 Å². The zero-order valence-corrected chi connectivity index (χ0v) is 10.3. The second-order valence-electron chi connectivity index (χ2n) is 3.37. The number of carbonyl (C=O) groups is 1. The highest BCUT2D eigenvalue weighted by molar-refractivity contribution is 9.10. The number of hydrogen-bond acceptors (Lipinski definition) is 3. The normalized spacial score (nSPS) is 9.94. The molecule has 4 heteroatoms. The molecule has 86 valence electrons. The van der Waals surface area contributed by atoms with Crippen molar-refractivity contribution in [2.45, 2.75) is 0 Å². The topological polar surface area (TPSA) is 46.5 Å². The first-order valence-corrected chi connectivity index (χ1v) is 5.72. The molecule has 0 radical (unpaired) electrons. The molecule has 2 aromatic carbocycles. The van der Waals surface area contributed by atoms with Crippen molar-refractivity contribution in [2.75, 3.05) is 0 Å². The van der Waals surface area contributed by atoms with Gasteiger partial charge in [0.25, 0.3) is 0 Å². The van der Waals surface area contributed by atoms with Crippen LogP contribution in [-0.4, -0.2) is 11.1 Å². The van der Waals surface area contributed by atoms with Gasteiger partial charge >= 0.3 is 5.97 Å². The highest BCUT2D eigenvalue weighted by atomic mass is 79.9. The van der Waals surface area contributed by atoms with Crippen LogP contribution in [0.15, 0.2) is 53.0 Å². The van der Waals surface area contributed by atoms with Crippen LogP contribution in [0.1, 0.15) is 10.4 Å². The maximum atomic E-state index is 11.7. The van der Waals surface area contributed by atoms with Crippen LogP contribution in [0.3, 0.4) is 0 Å². The summed E-state index contributed by atoms with van der Waals surface area (Å²) in [5.74, 6) is -0.440. The molecule has 0 fully saturated rings. The van der Waals surface area contributed by atoms with Crippen LogP contribution in [0.2, 0.25) is 0 Å². The minimum absolute atomic E-state index is 0.0718. The van der Waals surface area contributed by atoms with E-state index in [4.69, 9.17) is 4.74 Å². The van der Waals surface area contributed by atoms with Gasteiger partial charge in [-0.15, -0.1) is 0 Å². The number of phenols is 1. The largest absolute Gasteiger partial charge is 0.504 e. The maximum Gasteiger partial charge on any atom is 0.343 e. The Morgan fingerprint density at radius 3 is 2.53 bits per heavy atom. The highest BCUT2D eigenvalue weighted by Crippen LogP contribution is 2.29. The standard InChI is InChI=1S/C13H9BrO3/c14-10-6-7-11(15)12(8-10)17-13(16)9-4-2-1-3-5-9/h1-8,15H. The molecule has 0 aliphatic heterocycles. The van der Waals surface area contributed by atoms with Crippen LogP contribution in [0.4, 0.5) is 0 Å². The van der Waals surface area contributed by atoms with Crippen LogP contribution in [0.5, 0.6) is 11.5 Å². The van der Waals surface area contributed by atoms with Gasteiger partial charge in [0.2, 0.25) is 0 Å². The van der Waals surface area contributed by atoms with E-state index in [0.29, 0.717) is 5.56 Å². The number of rotatable bonds is 2. The fourth-order valence-electron chi connectivity index (χ4n) is 1.30. The summed E-state index contributed by atoms with van der Waals surface area (Å²) in [4.78, 5) is 11.7. The Bertz CT molecular complexity index is 538. The molecule has 1 N–H and O–H groups in total. The molecule has 0 aliphatic rings. The molecule has 0 heterocycles. The molecule has 0 amide bonds. The number of ether oxygens (including phenoxy) is 1. The molecule has 0 aromatic heterocycles. The van der Waals surface area contributed by atoms with Crippen LogP contribution < -0.4 is 4.74 Å². The Morgan fingerprint density at radius 1 is 1.12 bits per heavy atom. The molecular formula is C13H9BrO3. The molecular weight excluding hydrogens is 284 g/mol. The second-order valence-corrected chi connectivity index (χ2v) is 4.28. The summed E-state index contributed by atoms with van der Waals surface area (Å²) in [6.07, 6.45) is 0. The number of esters is 1. The first kappa shape index (κ1) is 11.7. The fraction of sp³-hybridized carbons (Fsp3) is 0. The molecule has 0 saturated carbocycles. The molecule has 0 spiro atoms. The van der Waals surface area contributed by atoms with E-state index < -0.39 is 5.97 Å². The quantitative estimate of drug-likeness (QED) is 0.682. The summed E-state index contributed by atoms with van der Waals surface area (Å²) >= 11 is 3.24. The zero-order valence-electron chi connectivity index (χ0n) is 8.76. The summed E-state index contributed by atoms with van der Waals surface area (Å²) < 4.78 is 5.82.